The van der Waals surface area contributed by atoms with Crippen LogP contribution in [0.25, 0.3) is 10.9 Å². The van der Waals surface area contributed by atoms with E-state index in [0.29, 0.717) is 0 Å². The van der Waals surface area contributed by atoms with Crippen molar-refractivity contribution in [1.82, 2.24) is 4.57 Å². The Balaban J connectivity index is 2.40. The van der Waals surface area contributed by atoms with Gasteiger partial charge in [0.1, 0.15) is 6.23 Å². The number of aromatic nitrogens is 1. The lowest BCUT2D eigenvalue weighted by Crippen LogP contribution is -2.23. The fourth-order valence-corrected chi connectivity index (χ4v) is 3.50. The maximum Gasteiger partial charge on any atom is 0.207 e. The van der Waals surface area contributed by atoms with Crippen LogP contribution in [0.4, 0.5) is 0 Å². The minimum absolute atomic E-state index is 0.123. The summed E-state index contributed by atoms with van der Waals surface area (Å²) in [6.07, 6.45) is 3.29. The molecule has 0 bridgehead atoms. The Morgan fingerprint density at radius 1 is 1.25 bits per heavy atom. The van der Waals surface area contributed by atoms with Gasteiger partial charge in [0.05, 0.1) is 5.52 Å². The molecule has 0 saturated carbocycles. The first-order valence-corrected chi connectivity index (χ1v) is 10.2. The van der Waals surface area contributed by atoms with Crippen LogP contribution in [0.15, 0.2) is 34.9 Å². The van der Waals surface area contributed by atoms with E-state index in [9.17, 15) is 0 Å². The summed E-state index contributed by atoms with van der Waals surface area (Å²) in [6, 6.07) is 8.58. The van der Waals surface area contributed by atoms with Gasteiger partial charge in [0.2, 0.25) is 9.04 Å². The summed E-state index contributed by atoms with van der Waals surface area (Å²) < 4.78 is 9.66. The first kappa shape index (κ1) is 15.8. The molecule has 1 atom stereocenters. The summed E-state index contributed by atoms with van der Waals surface area (Å²) in [5.41, 5.74) is 1.49. The van der Waals surface area contributed by atoms with Crippen LogP contribution in [0.3, 0.4) is 0 Å². The van der Waals surface area contributed by atoms with Crippen molar-refractivity contribution in [2.24, 2.45) is 5.41 Å². The summed E-state index contributed by atoms with van der Waals surface area (Å²) in [5.74, 6) is 0. The molecular formula is C16H23BrNOSi. The maximum atomic E-state index is 6.26. The van der Waals surface area contributed by atoms with Gasteiger partial charge in [0, 0.05) is 16.1 Å². The van der Waals surface area contributed by atoms with Crippen LogP contribution in [-0.4, -0.2) is 13.6 Å². The molecule has 109 valence electrons. The SMILES string of the molecule is C[Si](C)OC(CC(C)(C)C)n1ccc2cc(Br)ccc21. The molecule has 1 aromatic carbocycles. The first-order valence-electron chi connectivity index (χ1n) is 6.99. The second-order valence-corrected chi connectivity index (χ2v) is 9.64. The number of rotatable bonds is 4. The third-order valence-electron chi connectivity index (χ3n) is 3.15. The summed E-state index contributed by atoms with van der Waals surface area (Å²) in [4.78, 5) is 0. The predicted octanol–water partition coefficient (Wildman–Crippen LogP) is 5.61. The highest BCUT2D eigenvalue weighted by molar-refractivity contribution is 9.10. The van der Waals surface area contributed by atoms with E-state index >= 15 is 0 Å². The van der Waals surface area contributed by atoms with E-state index in [0.717, 1.165) is 10.9 Å². The van der Waals surface area contributed by atoms with Crippen LogP contribution in [-0.2, 0) is 4.43 Å². The standard InChI is InChI=1S/C16H23BrNOSi/c1-16(2,3)11-15(19-20(4)5)18-9-8-12-10-13(17)6-7-14(12)18/h6-10,15H,11H2,1-5H3. The molecule has 0 amide bonds. The maximum absolute atomic E-state index is 6.26. The third-order valence-corrected chi connectivity index (χ3v) is 4.39. The largest absolute Gasteiger partial charge is 0.397 e. The summed E-state index contributed by atoms with van der Waals surface area (Å²) in [7, 11) is -0.736. The zero-order valence-electron chi connectivity index (χ0n) is 12.9. The highest BCUT2D eigenvalue weighted by atomic mass is 79.9. The Morgan fingerprint density at radius 2 is 1.95 bits per heavy atom. The van der Waals surface area contributed by atoms with Gasteiger partial charge in [-0.05, 0) is 49.2 Å². The lowest BCUT2D eigenvalue weighted by atomic mass is 9.91. The van der Waals surface area contributed by atoms with E-state index in [1.807, 2.05) is 0 Å². The van der Waals surface area contributed by atoms with E-state index in [1.165, 1.54) is 10.9 Å². The lowest BCUT2D eigenvalue weighted by molar-refractivity contribution is 0.0871. The van der Waals surface area contributed by atoms with E-state index in [-0.39, 0.29) is 11.6 Å². The molecule has 1 aromatic heterocycles. The Kier molecular flexibility index (Phi) is 4.77. The fourth-order valence-electron chi connectivity index (χ4n) is 2.38. The second-order valence-electron chi connectivity index (χ2n) is 6.67. The van der Waals surface area contributed by atoms with Crippen LogP contribution in [0.2, 0.25) is 13.1 Å². The monoisotopic (exact) mass is 352 g/mol. The van der Waals surface area contributed by atoms with E-state index < -0.39 is 9.04 Å². The molecule has 2 rings (SSSR count). The van der Waals surface area contributed by atoms with Gasteiger partial charge in [-0.1, -0.05) is 36.7 Å². The molecule has 4 heteroatoms. The van der Waals surface area contributed by atoms with Crippen LogP contribution in [0, 0.1) is 5.41 Å². The average Bonchev–Trinajstić information content (AvgIpc) is 2.68. The predicted molar refractivity (Wildman–Crippen MR) is 91.3 cm³/mol. The molecule has 2 nitrogen and oxygen atoms in total. The van der Waals surface area contributed by atoms with Crippen LogP contribution < -0.4 is 0 Å². The minimum atomic E-state index is -0.736. The van der Waals surface area contributed by atoms with Crippen molar-refractivity contribution < 1.29 is 4.43 Å². The molecule has 0 aliphatic carbocycles. The van der Waals surface area contributed by atoms with E-state index in [2.05, 4.69) is 84.8 Å². The number of benzene rings is 1. The number of halogens is 1. The van der Waals surface area contributed by atoms with Gasteiger partial charge in [0.25, 0.3) is 0 Å². The van der Waals surface area contributed by atoms with Crippen LogP contribution in [0.1, 0.15) is 33.4 Å². The summed E-state index contributed by atoms with van der Waals surface area (Å²) >= 11 is 3.53. The van der Waals surface area contributed by atoms with Crippen molar-refractivity contribution in [3.8, 4) is 0 Å². The Labute approximate surface area is 132 Å². The molecule has 0 aliphatic heterocycles. The number of nitrogens with zero attached hydrogens (tertiary/aromatic N) is 1. The van der Waals surface area contributed by atoms with Crippen molar-refractivity contribution >= 4 is 35.9 Å². The zero-order chi connectivity index (χ0) is 14.9. The second kappa shape index (κ2) is 6.04. The molecule has 1 radical (unpaired) electrons. The Bertz CT molecular complexity index is 586. The van der Waals surface area contributed by atoms with Crippen molar-refractivity contribution in [3.05, 3.63) is 34.9 Å². The molecule has 0 saturated heterocycles. The normalized spacial score (nSPS) is 14.2. The molecule has 2 aromatic rings. The van der Waals surface area contributed by atoms with Gasteiger partial charge in [0.15, 0.2) is 0 Å². The van der Waals surface area contributed by atoms with Crippen molar-refractivity contribution in [3.63, 3.8) is 0 Å². The first-order chi connectivity index (χ1) is 9.26. The highest BCUT2D eigenvalue weighted by Crippen LogP contribution is 2.32. The lowest BCUT2D eigenvalue weighted by Gasteiger charge is -2.29. The van der Waals surface area contributed by atoms with Gasteiger partial charge in [-0.15, -0.1) is 0 Å². The minimum Gasteiger partial charge on any atom is -0.397 e. The molecule has 20 heavy (non-hydrogen) atoms. The van der Waals surface area contributed by atoms with Gasteiger partial charge in [-0.3, -0.25) is 0 Å². The molecule has 1 heterocycles. The van der Waals surface area contributed by atoms with E-state index in [4.69, 9.17) is 4.43 Å². The third kappa shape index (κ3) is 3.96. The van der Waals surface area contributed by atoms with E-state index in [1.54, 1.807) is 0 Å². The Morgan fingerprint density at radius 3 is 2.55 bits per heavy atom. The summed E-state index contributed by atoms with van der Waals surface area (Å²) in [5, 5.41) is 1.25. The average molecular weight is 353 g/mol. The number of hydrogen-bond donors (Lipinski definition) is 0. The van der Waals surface area contributed by atoms with Crippen LogP contribution in [0.5, 0.6) is 0 Å². The van der Waals surface area contributed by atoms with Gasteiger partial charge in [-0.2, -0.15) is 0 Å². The van der Waals surface area contributed by atoms with Crippen molar-refractivity contribution in [1.29, 1.82) is 0 Å². The molecule has 0 spiro atoms. The highest BCUT2D eigenvalue weighted by Gasteiger charge is 2.22. The fraction of sp³-hybridized carbons (Fsp3) is 0.500. The molecule has 0 fully saturated rings. The van der Waals surface area contributed by atoms with Crippen LogP contribution >= 0.6 is 15.9 Å². The molecule has 0 aliphatic rings. The van der Waals surface area contributed by atoms with Gasteiger partial charge in [-0.25, -0.2) is 0 Å². The number of fused-ring (bicyclic) bond motifs is 1. The molecular weight excluding hydrogens is 330 g/mol. The zero-order valence-corrected chi connectivity index (χ0v) is 15.5. The van der Waals surface area contributed by atoms with Crippen molar-refractivity contribution in [2.75, 3.05) is 0 Å². The Hall–Kier alpha value is -0.583. The van der Waals surface area contributed by atoms with Gasteiger partial charge < -0.3 is 8.99 Å². The molecule has 1 unspecified atom stereocenters. The summed E-state index contributed by atoms with van der Waals surface area (Å²) in [6.45, 7) is 11.2. The quantitative estimate of drug-likeness (QED) is 0.652. The topological polar surface area (TPSA) is 14.2 Å². The number of hydrogen-bond acceptors (Lipinski definition) is 1. The van der Waals surface area contributed by atoms with Gasteiger partial charge >= 0.3 is 0 Å². The van der Waals surface area contributed by atoms with Crippen molar-refractivity contribution in [2.45, 2.75) is 46.5 Å². The smallest absolute Gasteiger partial charge is 0.207 e. The molecule has 0 N–H and O–H groups in total.